The number of carbonyl (C=O) groups is 1. The van der Waals surface area contributed by atoms with Crippen LogP contribution in [-0.4, -0.2) is 37.0 Å². The molecule has 2 fully saturated rings. The summed E-state index contributed by atoms with van der Waals surface area (Å²) in [5, 5.41) is 4.87. The van der Waals surface area contributed by atoms with Crippen LogP contribution in [0.15, 0.2) is 30.3 Å². The molecule has 25 heavy (non-hydrogen) atoms. The maximum atomic E-state index is 13.3. The molecule has 0 unspecified atom stereocenters. The summed E-state index contributed by atoms with van der Waals surface area (Å²) in [5.41, 5.74) is 0.534. The Morgan fingerprint density at radius 1 is 1.20 bits per heavy atom. The Kier molecular flexibility index (Phi) is 5.51. The Balaban J connectivity index is 1.60. The summed E-state index contributed by atoms with van der Waals surface area (Å²) in [6, 6.07) is 5.59. The van der Waals surface area contributed by atoms with Crippen LogP contribution < -0.4 is 10.6 Å². The van der Waals surface area contributed by atoms with Gasteiger partial charge in [-0.3, -0.25) is 0 Å². The second-order valence-electron chi connectivity index (χ2n) is 6.80. The van der Waals surface area contributed by atoms with Gasteiger partial charge in [0.2, 0.25) is 0 Å². The SMILES string of the molecule is O=C(N[C@@H]1CCC[C@@H]2OCC[C@H]21)N[C@H](Cc1ccccc1)C(F)(F)F. The molecule has 2 N–H and O–H groups in total. The average Bonchev–Trinajstić information content (AvgIpc) is 3.04. The first-order valence-corrected chi connectivity index (χ1v) is 8.73. The van der Waals surface area contributed by atoms with Crippen molar-refractivity contribution in [2.45, 2.75) is 56.5 Å². The van der Waals surface area contributed by atoms with Crippen LogP contribution in [0, 0.1) is 5.92 Å². The summed E-state index contributed by atoms with van der Waals surface area (Å²) in [7, 11) is 0. The number of amides is 2. The average molecular weight is 356 g/mol. The van der Waals surface area contributed by atoms with Gasteiger partial charge < -0.3 is 15.4 Å². The maximum absolute atomic E-state index is 13.3. The lowest BCUT2D eigenvalue weighted by Crippen LogP contribution is -2.55. The summed E-state index contributed by atoms with van der Waals surface area (Å²) >= 11 is 0. The number of hydrogen-bond donors (Lipinski definition) is 2. The third-order valence-corrected chi connectivity index (χ3v) is 5.08. The van der Waals surface area contributed by atoms with E-state index in [9.17, 15) is 18.0 Å². The van der Waals surface area contributed by atoms with Crippen molar-refractivity contribution >= 4 is 6.03 Å². The van der Waals surface area contributed by atoms with Crippen LogP contribution in [-0.2, 0) is 11.2 Å². The second-order valence-corrected chi connectivity index (χ2v) is 6.80. The van der Waals surface area contributed by atoms with Crippen LogP contribution in [0.3, 0.4) is 0 Å². The largest absolute Gasteiger partial charge is 0.408 e. The van der Waals surface area contributed by atoms with Crippen molar-refractivity contribution in [1.82, 2.24) is 10.6 Å². The highest BCUT2D eigenvalue weighted by molar-refractivity contribution is 5.74. The summed E-state index contributed by atoms with van der Waals surface area (Å²) in [6.07, 6.45) is -1.14. The molecule has 0 spiro atoms. The summed E-state index contributed by atoms with van der Waals surface area (Å²) in [6.45, 7) is 0.661. The molecule has 1 heterocycles. The first kappa shape index (κ1) is 18.0. The van der Waals surface area contributed by atoms with Gasteiger partial charge in [-0.05, 0) is 31.2 Å². The van der Waals surface area contributed by atoms with Gasteiger partial charge in [-0.25, -0.2) is 4.79 Å². The molecule has 0 radical (unpaired) electrons. The first-order chi connectivity index (χ1) is 11.9. The highest BCUT2D eigenvalue weighted by Gasteiger charge is 2.42. The summed E-state index contributed by atoms with van der Waals surface area (Å²) < 4.78 is 45.5. The van der Waals surface area contributed by atoms with E-state index >= 15 is 0 Å². The predicted molar refractivity (Wildman–Crippen MR) is 87.1 cm³/mol. The number of ether oxygens (including phenoxy) is 1. The zero-order valence-electron chi connectivity index (χ0n) is 13.9. The molecule has 1 saturated heterocycles. The standard InChI is InChI=1S/C18H23F3N2O2/c19-18(20,21)16(11-12-5-2-1-3-6-12)23-17(24)22-14-7-4-8-15-13(14)9-10-25-15/h1-3,5-6,13-16H,4,7-11H2,(H2,22,23,24)/t13-,14+,15-,16+/m0/s1. The van der Waals surface area contributed by atoms with Crippen molar-refractivity contribution < 1.29 is 22.7 Å². The van der Waals surface area contributed by atoms with Gasteiger partial charge in [0.05, 0.1) is 6.10 Å². The Hall–Kier alpha value is -1.76. The van der Waals surface area contributed by atoms with Crippen LogP contribution in [0.5, 0.6) is 0 Å². The summed E-state index contributed by atoms with van der Waals surface area (Å²) in [4.78, 5) is 12.2. The fourth-order valence-electron chi connectivity index (χ4n) is 3.82. The van der Waals surface area contributed by atoms with E-state index in [0.29, 0.717) is 12.2 Å². The third-order valence-electron chi connectivity index (χ3n) is 5.08. The normalized spacial score (nSPS) is 27.4. The molecular weight excluding hydrogens is 333 g/mol. The van der Waals surface area contributed by atoms with Crippen LogP contribution >= 0.6 is 0 Å². The van der Waals surface area contributed by atoms with Crippen molar-refractivity contribution in [2.75, 3.05) is 6.61 Å². The predicted octanol–water partition coefficient (Wildman–Crippen LogP) is 3.42. The lowest BCUT2D eigenvalue weighted by Gasteiger charge is -2.33. The molecule has 1 aromatic carbocycles. The molecule has 138 valence electrons. The lowest BCUT2D eigenvalue weighted by atomic mass is 9.82. The molecule has 1 aliphatic carbocycles. The number of urea groups is 1. The van der Waals surface area contributed by atoms with E-state index in [4.69, 9.17) is 4.74 Å². The van der Waals surface area contributed by atoms with Crippen molar-refractivity contribution in [2.24, 2.45) is 5.92 Å². The molecule has 4 atom stereocenters. The Morgan fingerprint density at radius 3 is 2.68 bits per heavy atom. The van der Waals surface area contributed by atoms with Gasteiger partial charge in [0.25, 0.3) is 0 Å². The number of carbonyl (C=O) groups excluding carboxylic acids is 1. The molecule has 7 heteroatoms. The number of benzene rings is 1. The Bertz CT molecular complexity index is 579. The quantitative estimate of drug-likeness (QED) is 0.869. The van der Waals surface area contributed by atoms with Crippen LogP contribution in [0.1, 0.15) is 31.2 Å². The van der Waals surface area contributed by atoms with Crippen LogP contribution in [0.4, 0.5) is 18.0 Å². The molecule has 2 amide bonds. The van der Waals surface area contributed by atoms with Crippen molar-refractivity contribution in [1.29, 1.82) is 0 Å². The second kappa shape index (κ2) is 7.64. The van der Waals surface area contributed by atoms with E-state index in [1.807, 2.05) is 0 Å². The van der Waals surface area contributed by atoms with Gasteiger partial charge in [-0.15, -0.1) is 0 Å². The summed E-state index contributed by atoms with van der Waals surface area (Å²) in [5.74, 6) is 0.206. The van der Waals surface area contributed by atoms with Crippen LogP contribution in [0.2, 0.25) is 0 Å². The monoisotopic (exact) mass is 356 g/mol. The van der Waals surface area contributed by atoms with Crippen LogP contribution in [0.25, 0.3) is 0 Å². The fourth-order valence-corrected chi connectivity index (χ4v) is 3.82. The van der Waals surface area contributed by atoms with E-state index in [1.54, 1.807) is 30.3 Å². The van der Waals surface area contributed by atoms with E-state index in [2.05, 4.69) is 10.6 Å². The fraction of sp³-hybridized carbons (Fsp3) is 0.611. The Morgan fingerprint density at radius 2 is 1.96 bits per heavy atom. The number of alkyl halides is 3. The highest BCUT2D eigenvalue weighted by Crippen LogP contribution is 2.34. The topological polar surface area (TPSA) is 50.4 Å². The molecular formula is C18H23F3N2O2. The number of halogens is 3. The van der Waals surface area contributed by atoms with E-state index in [-0.39, 0.29) is 24.5 Å². The van der Waals surface area contributed by atoms with Gasteiger partial charge in [0.1, 0.15) is 6.04 Å². The number of hydrogen-bond acceptors (Lipinski definition) is 2. The smallest absolute Gasteiger partial charge is 0.378 e. The molecule has 0 aromatic heterocycles. The van der Waals surface area contributed by atoms with E-state index in [0.717, 1.165) is 25.7 Å². The van der Waals surface area contributed by atoms with Gasteiger partial charge in [0, 0.05) is 25.0 Å². The molecule has 4 nitrogen and oxygen atoms in total. The molecule has 2 aliphatic rings. The molecule has 1 aliphatic heterocycles. The molecule has 1 saturated carbocycles. The van der Waals surface area contributed by atoms with Gasteiger partial charge in [-0.1, -0.05) is 30.3 Å². The zero-order chi connectivity index (χ0) is 17.9. The number of nitrogens with one attached hydrogen (secondary N) is 2. The van der Waals surface area contributed by atoms with Crippen molar-refractivity contribution in [3.8, 4) is 0 Å². The van der Waals surface area contributed by atoms with E-state index in [1.165, 1.54) is 0 Å². The minimum Gasteiger partial charge on any atom is -0.378 e. The molecule has 1 aromatic rings. The highest BCUT2D eigenvalue weighted by atomic mass is 19.4. The van der Waals surface area contributed by atoms with Gasteiger partial charge in [-0.2, -0.15) is 13.2 Å². The lowest BCUT2D eigenvalue weighted by molar-refractivity contribution is -0.152. The number of rotatable bonds is 4. The molecule has 0 bridgehead atoms. The molecule has 3 rings (SSSR count). The minimum atomic E-state index is -4.50. The maximum Gasteiger partial charge on any atom is 0.408 e. The minimum absolute atomic E-state index is 0.119. The van der Waals surface area contributed by atoms with Gasteiger partial charge >= 0.3 is 12.2 Å². The van der Waals surface area contributed by atoms with Gasteiger partial charge in [0.15, 0.2) is 0 Å². The first-order valence-electron chi connectivity index (χ1n) is 8.73. The van der Waals surface area contributed by atoms with E-state index < -0.39 is 18.2 Å². The Labute approximate surface area is 145 Å². The number of fused-ring (bicyclic) bond motifs is 1. The van der Waals surface area contributed by atoms with Crippen molar-refractivity contribution in [3.05, 3.63) is 35.9 Å². The zero-order valence-corrected chi connectivity index (χ0v) is 13.9. The third kappa shape index (κ3) is 4.66. The van der Waals surface area contributed by atoms with Crippen molar-refractivity contribution in [3.63, 3.8) is 0 Å².